The van der Waals surface area contributed by atoms with E-state index in [2.05, 4.69) is 10.3 Å². The molecule has 0 unspecified atom stereocenters. The summed E-state index contributed by atoms with van der Waals surface area (Å²) in [6, 6.07) is 5.21. The molecule has 0 fully saturated rings. The predicted octanol–water partition coefficient (Wildman–Crippen LogP) is 0.474. The molecule has 5 nitrogen and oxygen atoms in total. The molecule has 0 aliphatic heterocycles. The third-order valence-electron chi connectivity index (χ3n) is 1.86. The fourth-order valence-corrected chi connectivity index (χ4v) is 1.07. The van der Waals surface area contributed by atoms with Gasteiger partial charge in [-0.25, -0.2) is 0 Å². The van der Waals surface area contributed by atoms with Crippen LogP contribution in [0, 0.1) is 0 Å². The second kappa shape index (κ2) is 7.78. The van der Waals surface area contributed by atoms with Crippen molar-refractivity contribution in [3.05, 3.63) is 30.1 Å². The van der Waals surface area contributed by atoms with Crippen molar-refractivity contribution in [2.45, 2.75) is 0 Å². The van der Waals surface area contributed by atoms with Crippen molar-refractivity contribution < 1.29 is 14.3 Å². The number of aromatic nitrogens is 1. The van der Waals surface area contributed by atoms with Crippen LogP contribution in [0.4, 0.5) is 0 Å². The van der Waals surface area contributed by atoms with E-state index < -0.39 is 0 Å². The van der Waals surface area contributed by atoms with E-state index in [9.17, 15) is 4.79 Å². The average Bonchev–Trinajstić information content (AvgIpc) is 2.34. The van der Waals surface area contributed by atoms with E-state index in [-0.39, 0.29) is 5.91 Å². The lowest BCUT2D eigenvalue weighted by molar-refractivity contribution is 0.0692. The van der Waals surface area contributed by atoms with Crippen LogP contribution in [0.15, 0.2) is 24.4 Å². The van der Waals surface area contributed by atoms with Crippen LogP contribution in [0.5, 0.6) is 0 Å². The number of amides is 1. The smallest absolute Gasteiger partial charge is 0.269 e. The van der Waals surface area contributed by atoms with E-state index in [0.29, 0.717) is 32.1 Å². The van der Waals surface area contributed by atoms with Gasteiger partial charge in [-0.3, -0.25) is 9.78 Å². The first-order valence-electron chi connectivity index (χ1n) is 5.10. The molecule has 0 aromatic carbocycles. The Morgan fingerprint density at radius 3 is 2.94 bits per heavy atom. The van der Waals surface area contributed by atoms with Crippen molar-refractivity contribution in [1.29, 1.82) is 0 Å². The summed E-state index contributed by atoms with van der Waals surface area (Å²) in [5.41, 5.74) is 0.416. The maximum absolute atomic E-state index is 11.5. The van der Waals surface area contributed by atoms with E-state index in [1.165, 1.54) is 0 Å². The Kier molecular flexibility index (Phi) is 6.13. The number of carbonyl (C=O) groups excluding carboxylic acids is 1. The van der Waals surface area contributed by atoms with Crippen LogP contribution in [0.1, 0.15) is 10.5 Å². The summed E-state index contributed by atoms with van der Waals surface area (Å²) in [4.78, 5) is 15.4. The molecule has 1 N–H and O–H groups in total. The van der Waals surface area contributed by atoms with E-state index in [4.69, 9.17) is 9.47 Å². The number of hydrogen-bond acceptors (Lipinski definition) is 4. The zero-order chi connectivity index (χ0) is 11.6. The Bertz CT molecular complexity index is 303. The summed E-state index contributed by atoms with van der Waals surface area (Å²) in [7, 11) is 1.62. The minimum atomic E-state index is -0.184. The van der Waals surface area contributed by atoms with E-state index in [1.807, 2.05) is 0 Å². The maximum atomic E-state index is 11.5. The molecule has 5 heteroatoms. The first-order valence-corrected chi connectivity index (χ1v) is 5.10. The summed E-state index contributed by atoms with van der Waals surface area (Å²) < 4.78 is 10.0. The molecule has 0 atom stereocenters. The second-order valence-electron chi connectivity index (χ2n) is 3.08. The van der Waals surface area contributed by atoms with Crippen molar-refractivity contribution in [3.8, 4) is 0 Å². The van der Waals surface area contributed by atoms with E-state index in [1.54, 1.807) is 31.5 Å². The van der Waals surface area contributed by atoms with Gasteiger partial charge < -0.3 is 14.8 Å². The minimum Gasteiger partial charge on any atom is -0.382 e. The zero-order valence-corrected chi connectivity index (χ0v) is 9.31. The minimum absolute atomic E-state index is 0.184. The number of nitrogens with zero attached hydrogens (tertiary/aromatic N) is 1. The molecule has 1 rings (SSSR count). The number of ether oxygens (including phenoxy) is 2. The van der Waals surface area contributed by atoms with Gasteiger partial charge in [0.05, 0.1) is 19.8 Å². The maximum Gasteiger partial charge on any atom is 0.269 e. The lowest BCUT2D eigenvalue weighted by Gasteiger charge is -2.05. The van der Waals surface area contributed by atoms with Crippen LogP contribution in [-0.2, 0) is 9.47 Å². The summed E-state index contributed by atoms with van der Waals surface area (Å²) in [6.45, 7) is 2.05. The highest BCUT2D eigenvalue weighted by Crippen LogP contribution is 1.91. The molecule has 0 saturated heterocycles. The molecule has 1 aromatic rings. The number of nitrogens with one attached hydrogen (secondary N) is 1. The molecule has 88 valence electrons. The van der Waals surface area contributed by atoms with Gasteiger partial charge in [-0.15, -0.1) is 0 Å². The van der Waals surface area contributed by atoms with Crippen LogP contribution >= 0.6 is 0 Å². The van der Waals surface area contributed by atoms with Crippen LogP contribution in [0.2, 0.25) is 0 Å². The molecule has 1 heterocycles. The van der Waals surface area contributed by atoms with Crippen molar-refractivity contribution >= 4 is 5.91 Å². The molecular formula is C11H16N2O3. The van der Waals surface area contributed by atoms with Gasteiger partial charge in [-0.1, -0.05) is 6.07 Å². The van der Waals surface area contributed by atoms with E-state index >= 15 is 0 Å². The number of hydrogen-bond donors (Lipinski definition) is 1. The summed E-state index contributed by atoms with van der Waals surface area (Å²) in [5.74, 6) is -0.184. The van der Waals surface area contributed by atoms with Gasteiger partial charge in [0, 0.05) is 19.9 Å². The highest BCUT2D eigenvalue weighted by Gasteiger charge is 2.03. The highest BCUT2D eigenvalue weighted by molar-refractivity contribution is 5.92. The molecular weight excluding hydrogens is 208 g/mol. The number of pyridine rings is 1. The lowest BCUT2D eigenvalue weighted by Crippen LogP contribution is -2.28. The van der Waals surface area contributed by atoms with Gasteiger partial charge in [-0.2, -0.15) is 0 Å². The Balaban J connectivity index is 2.12. The van der Waals surface area contributed by atoms with Gasteiger partial charge in [0.1, 0.15) is 5.69 Å². The summed E-state index contributed by atoms with van der Waals surface area (Å²) >= 11 is 0. The van der Waals surface area contributed by atoms with Gasteiger partial charge >= 0.3 is 0 Å². The predicted molar refractivity (Wildman–Crippen MR) is 59.3 cm³/mol. The van der Waals surface area contributed by atoms with Gasteiger partial charge in [-0.05, 0) is 12.1 Å². The third kappa shape index (κ3) is 4.86. The molecule has 0 radical (unpaired) electrons. The molecule has 1 aromatic heterocycles. The van der Waals surface area contributed by atoms with Crippen molar-refractivity contribution in [1.82, 2.24) is 10.3 Å². The second-order valence-corrected chi connectivity index (χ2v) is 3.08. The fourth-order valence-electron chi connectivity index (χ4n) is 1.07. The number of methoxy groups -OCH3 is 1. The van der Waals surface area contributed by atoms with Crippen LogP contribution in [0.3, 0.4) is 0 Å². The summed E-state index contributed by atoms with van der Waals surface area (Å²) in [6.07, 6.45) is 1.59. The molecule has 0 spiro atoms. The first-order chi connectivity index (χ1) is 7.84. The molecule has 0 aliphatic rings. The zero-order valence-electron chi connectivity index (χ0n) is 9.31. The Labute approximate surface area is 94.8 Å². The molecule has 16 heavy (non-hydrogen) atoms. The Morgan fingerprint density at radius 1 is 1.38 bits per heavy atom. The fraction of sp³-hybridized carbons (Fsp3) is 0.455. The standard InChI is InChI=1S/C11H16N2O3/c1-15-8-9-16-7-6-13-11(14)10-4-2-3-5-12-10/h2-5H,6-9H2,1H3,(H,13,14). The van der Waals surface area contributed by atoms with Gasteiger partial charge in [0.25, 0.3) is 5.91 Å². The SMILES string of the molecule is COCCOCCNC(=O)c1ccccn1. The van der Waals surface area contributed by atoms with Crippen molar-refractivity contribution in [2.24, 2.45) is 0 Å². The first kappa shape index (κ1) is 12.6. The van der Waals surface area contributed by atoms with Crippen molar-refractivity contribution in [2.75, 3.05) is 33.5 Å². The van der Waals surface area contributed by atoms with Gasteiger partial charge in [0.2, 0.25) is 0 Å². The highest BCUT2D eigenvalue weighted by atomic mass is 16.5. The van der Waals surface area contributed by atoms with E-state index in [0.717, 1.165) is 0 Å². The van der Waals surface area contributed by atoms with Crippen molar-refractivity contribution in [3.63, 3.8) is 0 Å². The number of carbonyl (C=O) groups is 1. The third-order valence-corrected chi connectivity index (χ3v) is 1.86. The topological polar surface area (TPSA) is 60.5 Å². The average molecular weight is 224 g/mol. The Morgan fingerprint density at radius 2 is 2.25 bits per heavy atom. The monoisotopic (exact) mass is 224 g/mol. The molecule has 1 amide bonds. The normalized spacial score (nSPS) is 10.1. The molecule has 0 aliphatic carbocycles. The van der Waals surface area contributed by atoms with Crippen LogP contribution in [-0.4, -0.2) is 44.4 Å². The summed E-state index contributed by atoms with van der Waals surface area (Å²) in [5, 5.41) is 2.71. The quantitative estimate of drug-likeness (QED) is 0.684. The van der Waals surface area contributed by atoms with Crippen LogP contribution < -0.4 is 5.32 Å². The lowest BCUT2D eigenvalue weighted by atomic mass is 10.3. The largest absolute Gasteiger partial charge is 0.382 e. The van der Waals surface area contributed by atoms with Crippen LogP contribution in [0.25, 0.3) is 0 Å². The molecule has 0 saturated carbocycles. The molecule has 0 bridgehead atoms. The number of rotatable bonds is 7. The Hall–Kier alpha value is -1.46. The van der Waals surface area contributed by atoms with Gasteiger partial charge in [0.15, 0.2) is 0 Å².